The molecule has 0 aromatic carbocycles. The molecule has 0 spiro atoms. The standard InChI is InChI=1S/C11H19N.C10H19NO.C10H19N.2C9H13N.2C8H12N2/c1-11(2,3)10-8-12-6-4-9(10)5-7-12;1-8(2)12-10-7-11-5-3-9(10)4-6-11;1-8(2)10-7-11-5-3-9(10)4-6-11;1-9(2,3)8-4-6-10-7-5-8;1-9(2,3)8-5-4-6-10-7-8;1-8(2,3)7-4-9-6-10-5-7;1-8(2,3)7-6-9-4-5-10-7/h8-9H,4-7H2,1-3H3;8-10H,3-7H2,1-2H3;8-10H,3-7H2,1-2H3;2*4-7H,1-3H3;2*4-6H,1-3H3. The summed E-state index contributed by atoms with van der Waals surface area (Å²) in [6.45, 7) is 52.5. The van der Waals surface area contributed by atoms with Gasteiger partial charge in [0.15, 0.2) is 0 Å². The second kappa shape index (κ2) is 29.0. The Bertz CT molecular complexity index is 1960. The largest absolute Gasteiger partial charge is 0.377 e. The van der Waals surface area contributed by atoms with Crippen molar-refractivity contribution in [3.63, 3.8) is 0 Å². The van der Waals surface area contributed by atoms with Gasteiger partial charge in [-0.3, -0.25) is 19.9 Å². The Kier molecular flexibility index (Phi) is 24.5. The number of nitrogens with zero attached hydrogens (tertiary/aromatic N) is 9. The molecule has 75 heavy (non-hydrogen) atoms. The average molecular weight is 1030 g/mol. The molecule has 2 atom stereocenters. The molecule has 7 saturated heterocycles. The molecule has 0 amide bonds. The van der Waals surface area contributed by atoms with Crippen molar-refractivity contribution in [1.29, 1.82) is 0 Å². The highest BCUT2D eigenvalue weighted by atomic mass is 16.5. The summed E-state index contributed by atoms with van der Waals surface area (Å²) >= 11 is 0. The first kappa shape index (κ1) is 63.4. The summed E-state index contributed by atoms with van der Waals surface area (Å²) in [7, 11) is 0. The monoisotopic (exact) mass is 1030 g/mol. The van der Waals surface area contributed by atoms with Gasteiger partial charge in [-0.25, -0.2) is 9.97 Å². The van der Waals surface area contributed by atoms with Crippen molar-refractivity contribution in [1.82, 2.24) is 44.6 Å². The van der Waals surface area contributed by atoms with Crippen molar-refractivity contribution in [3.05, 3.63) is 121 Å². The van der Waals surface area contributed by atoms with Gasteiger partial charge in [0.05, 0.1) is 17.9 Å². The molecule has 2 unspecified atom stereocenters. The average Bonchev–Trinajstić information content (AvgIpc) is 3.38. The number of piperidine rings is 7. The molecule has 4 aromatic heterocycles. The van der Waals surface area contributed by atoms with E-state index in [-0.39, 0.29) is 21.7 Å². The van der Waals surface area contributed by atoms with Crippen LogP contribution in [0.2, 0.25) is 0 Å². The van der Waals surface area contributed by atoms with Gasteiger partial charge in [0.1, 0.15) is 6.33 Å². The molecule has 0 aliphatic carbocycles. The Hall–Kier alpha value is -4.12. The highest BCUT2D eigenvalue weighted by Crippen LogP contribution is 2.41. The lowest BCUT2D eigenvalue weighted by atomic mass is 9.73. The summed E-state index contributed by atoms with van der Waals surface area (Å²) in [4.78, 5) is 31.7. The number of hydrogen-bond acceptors (Lipinski definition) is 10. The van der Waals surface area contributed by atoms with Crippen LogP contribution in [0.25, 0.3) is 0 Å². The van der Waals surface area contributed by atoms with E-state index in [1.807, 2.05) is 37.1 Å². The smallest absolute Gasteiger partial charge is 0.115 e. The summed E-state index contributed by atoms with van der Waals surface area (Å²) in [5.74, 6) is 4.74. The number of allylic oxidation sites excluding steroid dienone is 1. The molecule has 0 saturated carbocycles. The lowest BCUT2D eigenvalue weighted by molar-refractivity contribution is -0.0921. The van der Waals surface area contributed by atoms with E-state index in [9.17, 15) is 0 Å². The number of hydrogen-bond donors (Lipinski definition) is 0. The molecule has 9 aliphatic heterocycles. The Morgan fingerprint density at radius 1 is 0.480 bits per heavy atom. The van der Waals surface area contributed by atoms with E-state index < -0.39 is 0 Å². The number of rotatable bonds is 3. The number of pyridine rings is 2. The van der Waals surface area contributed by atoms with Gasteiger partial charge in [0.2, 0.25) is 0 Å². The van der Waals surface area contributed by atoms with E-state index in [4.69, 9.17) is 4.74 Å². The van der Waals surface area contributed by atoms with Crippen LogP contribution >= 0.6 is 0 Å². The Labute approximate surface area is 459 Å². The predicted molar refractivity (Wildman–Crippen MR) is 316 cm³/mol. The summed E-state index contributed by atoms with van der Waals surface area (Å²) in [6, 6.07) is 8.19. The molecule has 13 rings (SSSR count). The topological polar surface area (TPSA) is 96.3 Å². The maximum atomic E-state index is 5.88. The van der Waals surface area contributed by atoms with Crippen LogP contribution in [0.5, 0.6) is 0 Å². The number of ether oxygens (including phenoxy) is 1. The summed E-state index contributed by atoms with van der Waals surface area (Å²) in [5, 5.41) is 0. The van der Waals surface area contributed by atoms with E-state index in [2.05, 4.69) is 201 Å². The molecule has 4 aromatic rings. The molecule has 13 heterocycles. The first-order valence-corrected chi connectivity index (χ1v) is 28.9. The maximum absolute atomic E-state index is 5.88. The normalized spacial score (nSPS) is 22.9. The Morgan fingerprint density at radius 2 is 1.00 bits per heavy atom. The quantitative estimate of drug-likeness (QED) is 0.197. The van der Waals surface area contributed by atoms with Gasteiger partial charge in [-0.15, -0.1) is 0 Å². The fraction of sp³-hybridized carbons (Fsp3) is 0.692. The van der Waals surface area contributed by atoms with Crippen LogP contribution in [-0.2, 0) is 26.4 Å². The van der Waals surface area contributed by atoms with Gasteiger partial charge >= 0.3 is 0 Å². The van der Waals surface area contributed by atoms with E-state index in [1.165, 1.54) is 108 Å². The highest BCUT2D eigenvalue weighted by molar-refractivity contribution is 5.21. The van der Waals surface area contributed by atoms with Gasteiger partial charge in [-0.1, -0.05) is 124 Å². The fourth-order valence-electron chi connectivity index (χ4n) is 10.7. The number of fused-ring (bicyclic) bond motifs is 8. The van der Waals surface area contributed by atoms with Gasteiger partial charge < -0.3 is 19.4 Å². The van der Waals surface area contributed by atoms with E-state index in [0.29, 0.717) is 17.6 Å². The molecule has 418 valence electrons. The second-order valence-electron chi connectivity index (χ2n) is 27.7. The molecule has 10 heteroatoms. The second-order valence-corrected chi connectivity index (χ2v) is 27.7. The minimum Gasteiger partial charge on any atom is -0.377 e. The fourth-order valence-corrected chi connectivity index (χ4v) is 10.7. The minimum absolute atomic E-state index is 0.119. The molecule has 7 fully saturated rings. The summed E-state index contributed by atoms with van der Waals surface area (Å²) in [5.41, 5.74) is 7.68. The zero-order valence-electron chi connectivity index (χ0n) is 51.0. The third-order valence-electron chi connectivity index (χ3n) is 15.6. The van der Waals surface area contributed by atoms with Crippen LogP contribution in [0.4, 0.5) is 0 Å². The first-order valence-electron chi connectivity index (χ1n) is 28.9. The number of aromatic nitrogens is 6. The van der Waals surface area contributed by atoms with Gasteiger partial charge in [0.25, 0.3) is 0 Å². The van der Waals surface area contributed by atoms with Gasteiger partial charge in [0, 0.05) is 87.4 Å². The molecular formula is C65H107N9O. The molecule has 0 radical (unpaired) electrons. The third kappa shape index (κ3) is 22.4. The van der Waals surface area contributed by atoms with Crippen LogP contribution in [0, 0.1) is 35.0 Å². The maximum Gasteiger partial charge on any atom is 0.115 e. The SMILES string of the molecule is CC(C)(C)C1=CN2CCC1CC2.CC(C)(C)c1cccnc1.CC(C)(C)c1ccncc1.CC(C)(C)c1cnccn1.CC(C)(C)c1cncnc1.CC(C)C1CN2CCC1CC2.CC(C)OC1CN2CCC1CC2. The molecule has 6 bridgehead atoms. The van der Waals surface area contributed by atoms with Crippen molar-refractivity contribution in [2.75, 3.05) is 52.4 Å². The van der Waals surface area contributed by atoms with Crippen LogP contribution in [0.15, 0.2) is 98.1 Å². The van der Waals surface area contributed by atoms with Crippen LogP contribution in [0.3, 0.4) is 0 Å². The Morgan fingerprint density at radius 3 is 1.29 bits per heavy atom. The summed E-state index contributed by atoms with van der Waals surface area (Å²) < 4.78 is 5.88. The van der Waals surface area contributed by atoms with E-state index in [0.717, 1.165) is 35.3 Å². The summed E-state index contributed by atoms with van der Waals surface area (Å²) in [6.07, 6.45) is 29.7. The van der Waals surface area contributed by atoms with Crippen LogP contribution < -0.4 is 0 Å². The molecule has 0 N–H and O–H groups in total. The van der Waals surface area contributed by atoms with E-state index >= 15 is 0 Å². The zero-order chi connectivity index (χ0) is 55.6. The molecular weight excluding hydrogens is 923 g/mol. The van der Waals surface area contributed by atoms with Crippen molar-refractivity contribution in [3.8, 4) is 0 Å². The lowest BCUT2D eigenvalue weighted by Crippen LogP contribution is -2.51. The first-order chi connectivity index (χ1) is 35.0. The van der Waals surface area contributed by atoms with Crippen molar-refractivity contribution < 1.29 is 4.74 Å². The van der Waals surface area contributed by atoms with Gasteiger partial charge in [-0.2, -0.15) is 0 Å². The third-order valence-corrected chi connectivity index (χ3v) is 15.6. The van der Waals surface area contributed by atoms with Crippen molar-refractivity contribution >= 4 is 0 Å². The van der Waals surface area contributed by atoms with Gasteiger partial charge in [-0.05, 0) is 176 Å². The zero-order valence-corrected chi connectivity index (χ0v) is 51.0. The minimum atomic E-state index is 0.119. The van der Waals surface area contributed by atoms with Crippen LogP contribution in [0.1, 0.15) is 192 Å². The Balaban J connectivity index is 0.000000190. The van der Waals surface area contributed by atoms with Crippen LogP contribution in [-0.4, -0.2) is 109 Å². The molecule has 9 aliphatic rings. The highest BCUT2D eigenvalue weighted by Gasteiger charge is 2.36. The van der Waals surface area contributed by atoms with Crippen molar-refractivity contribution in [2.24, 2.45) is 35.0 Å². The molecule has 10 nitrogen and oxygen atoms in total. The lowest BCUT2D eigenvalue weighted by Gasteiger charge is -2.46. The van der Waals surface area contributed by atoms with Crippen molar-refractivity contribution in [2.45, 2.75) is 204 Å². The predicted octanol–water partition coefficient (Wildman–Crippen LogP) is 14.4. The van der Waals surface area contributed by atoms with E-state index in [1.54, 1.807) is 36.7 Å².